The van der Waals surface area contributed by atoms with E-state index in [4.69, 9.17) is 4.74 Å². The van der Waals surface area contributed by atoms with Gasteiger partial charge in [0.25, 0.3) is 0 Å². The Morgan fingerprint density at radius 2 is 1.67 bits per heavy atom. The van der Waals surface area contributed by atoms with Crippen molar-refractivity contribution in [2.45, 2.75) is 36.5 Å². The minimum Gasteiger partial charge on any atom is -0.462 e. The summed E-state index contributed by atoms with van der Waals surface area (Å²) in [5.41, 5.74) is 1.92. The van der Waals surface area contributed by atoms with Crippen LogP contribution in [0.5, 0.6) is 0 Å². The van der Waals surface area contributed by atoms with Crippen LogP contribution in [0.4, 0.5) is 0 Å². The van der Waals surface area contributed by atoms with E-state index >= 15 is 0 Å². The Balaban J connectivity index is 2.34. The Labute approximate surface area is 130 Å². The van der Waals surface area contributed by atoms with E-state index in [0.29, 0.717) is 18.1 Å². The lowest BCUT2D eigenvalue weighted by atomic mass is 10.0. The van der Waals surface area contributed by atoms with Gasteiger partial charge >= 0.3 is 5.97 Å². The smallest absolute Gasteiger partial charge is 0.339 e. The summed E-state index contributed by atoms with van der Waals surface area (Å²) in [6, 6.07) is 15.9. The van der Waals surface area contributed by atoms with Crippen molar-refractivity contribution in [3.63, 3.8) is 0 Å². The molecule has 0 aliphatic heterocycles. The van der Waals surface area contributed by atoms with Crippen molar-refractivity contribution in [3.05, 3.63) is 59.7 Å². The Bertz CT molecular complexity index is 620. The lowest BCUT2D eigenvalue weighted by molar-refractivity contribution is 0.0522. The molecule has 0 amide bonds. The molecule has 0 saturated heterocycles. The molecule has 0 radical (unpaired) electrons. The SMILES string of the molecule is CCOC(=O)c1ccccc1Sc1ccccc1C(C)C. The average molecular weight is 300 g/mol. The van der Waals surface area contributed by atoms with Crippen LogP contribution in [0.25, 0.3) is 0 Å². The minimum absolute atomic E-state index is 0.261. The summed E-state index contributed by atoms with van der Waals surface area (Å²) in [5, 5.41) is 0. The Morgan fingerprint density at radius 3 is 2.33 bits per heavy atom. The van der Waals surface area contributed by atoms with Crippen LogP contribution in [-0.2, 0) is 4.74 Å². The van der Waals surface area contributed by atoms with E-state index in [-0.39, 0.29) is 5.97 Å². The molecule has 0 saturated carbocycles. The molecule has 0 heterocycles. The molecule has 0 spiro atoms. The maximum absolute atomic E-state index is 12.0. The van der Waals surface area contributed by atoms with Gasteiger partial charge in [0.15, 0.2) is 0 Å². The molecule has 2 aromatic rings. The third-order valence-corrected chi connectivity index (χ3v) is 4.31. The average Bonchev–Trinajstić information content (AvgIpc) is 2.48. The number of hydrogen-bond donors (Lipinski definition) is 0. The van der Waals surface area contributed by atoms with Crippen molar-refractivity contribution in [2.75, 3.05) is 6.61 Å². The largest absolute Gasteiger partial charge is 0.462 e. The third kappa shape index (κ3) is 3.88. The monoisotopic (exact) mass is 300 g/mol. The number of rotatable bonds is 5. The molecule has 21 heavy (non-hydrogen) atoms. The minimum atomic E-state index is -0.261. The standard InChI is InChI=1S/C18H20O2S/c1-4-20-18(19)15-10-6-8-12-17(15)21-16-11-7-5-9-14(16)13(2)3/h5-13H,4H2,1-3H3. The van der Waals surface area contributed by atoms with E-state index in [1.165, 1.54) is 10.5 Å². The molecular weight excluding hydrogens is 280 g/mol. The number of benzene rings is 2. The quantitative estimate of drug-likeness (QED) is 0.715. The molecule has 2 aromatic carbocycles. The fourth-order valence-electron chi connectivity index (χ4n) is 2.10. The van der Waals surface area contributed by atoms with Gasteiger partial charge in [0.1, 0.15) is 0 Å². The van der Waals surface area contributed by atoms with Crippen molar-refractivity contribution in [3.8, 4) is 0 Å². The first-order chi connectivity index (χ1) is 10.1. The van der Waals surface area contributed by atoms with Gasteiger partial charge < -0.3 is 4.74 Å². The predicted molar refractivity (Wildman–Crippen MR) is 87.1 cm³/mol. The van der Waals surface area contributed by atoms with Gasteiger partial charge in [-0.2, -0.15) is 0 Å². The number of ether oxygens (including phenoxy) is 1. The molecule has 0 bridgehead atoms. The number of esters is 1. The topological polar surface area (TPSA) is 26.3 Å². The second kappa shape index (κ2) is 7.32. The zero-order chi connectivity index (χ0) is 15.2. The van der Waals surface area contributed by atoms with Crippen molar-refractivity contribution < 1.29 is 9.53 Å². The van der Waals surface area contributed by atoms with Gasteiger partial charge in [-0.25, -0.2) is 4.79 Å². The van der Waals surface area contributed by atoms with Gasteiger partial charge in [-0.15, -0.1) is 0 Å². The van der Waals surface area contributed by atoms with E-state index in [1.54, 1.807) is 11.8 Å². The molecular formula is C18H20O2S. The summed E-state index contributed by atoms with van der Waals surface area (Å²) in [5.74, 6) is 0.186. The molecule has 3 heteroatoms. The second-order valence-corrected chi connectivity index (χ2v) is 6.09. The molecule has 2 nitrogen and oxygen atoms in total. The van der Waals surface area contributed by atoms with Gasteiger partial charge in [0.05, 0.1) is 12.2 Å². The summed E-state index contributed by atoms with van der Waals surface area (Å²) >= 11 is 1.62. The molecule has 0 aromatic heterocycles. The number of carbonyl (C=O) groups is 1. The highest BCUT2D eigenvalue weighted by molar-refractivity contribution is 7.99. The van der Waals surface area contributed by atoms with E-state index in [1.807, 2.05) is 37.3 Å². The first-order valence-corrected chi connectivity index (χ1v) is 7.98. The highest BCUT2D eigenvalue weighted by Crippen LogP contribution is 2.35. The number of carbonyl (C=O) groups excluding carboxylic acids is 1. The molecule has 0 N–H and O–H groups in total. The molecule has 110 valence electrons. The van der Waals surface area contributed by atoms with Crippen LogP contribution in [0.15, 0.2) is 58.3 Å². The van der Waals surface area contributed by atoms with Crippen LogP contribution >= 0.6 is 11.8 Å². The van der Waals surface area contributed by atoms with Crippen LogP contribution in [0.3, 0.4) is 0 Å². The van der Waals surface area contributed by atoms with Crippen molar-refractivity contribution in [1.29, 1.82) is 0 Å². The molecule has 0 aliphatic rings. The highest BCUT2D eigenvalue weighted by Gasteiger charge is 2.14. The van der Waals surface area contributed by atoms with Crippen LogP contribution in [0.1, 0.15) is 42.6 Å². The fraction of sp³-hybridized carbons (Fsp3) is 0.278. The van der Waals surface area contributed by atoms with Gasteiger partial charge in [0.2, 0.25) is 0 Å². The molecule has 0 fully saturated rings. The van der Waals surface area contributed by atoms with Crippen LogP contribution < -0.4 is 0 Å². The Morgan fingerprint density at radius 1 is 1.05 bits per heavy atom. The fourth-order valence-corrected chi connectivity index (χ4v) is 3.32. The van der Waals surface area contributed by atoms with Gasteiger partial charge in [-0.1, -0.05) is 55.9 Å². The lowest BCUT2D eigenvalue weighted by Gasteiger charge is -2.13. The summed E-state index contributed by atoms with van der Waals surface area (Å²) in [6.45, 7) is 6.56. The van der Waals surface area contributed by atoms with Gasteiger partial charge in [-0.3, -0.25) is 0 Å². The summed E-state index contributed by atoms with van der Waals surface area (Å²) in [4.78, 5) is 14.2. The summed E-state index contributed by atoms with van der Waals surface area (Å²) in [6.07, 6.45) is 0. The third-order valence-electron chi connectivity index (χ3n) is 3.14. The highest BCUT2D eigenvalue weighted by atomic mass is 32.2. The van der Waals surface area contributed by atoms with Crippen molar-refractivity contribution in [1.82, 2.24) is 0 Å². The molecule has 0 unspecified atom stereocenters. The maximum Gasteiger partial charge on any atom is 0.339 e. The predicted octanol–water partition coefficient (Wildman–Crippen LogP) is 5.14. The number of hydrogen-bond acceptors (Lipinski definition) is 3. The van der Waals surface area contributed by atoms with Crippen molar-refractivity contribution >= 4 is 17.7 Å². The van der Waals surface area contributed by atoms with Crippen LogP contribution in [0, 0.1) is 0 Å². The van der Waals surface area contributed by atoms with Crippen molar-refractivity contribution in [2.24, 2.45) is 0 Å². The first kappa shape index (κ1) is 15.6. The van der Waals surface area contributed by atoms with Gasteiger partial charge in [-0.05, 0) is 36.6 Å². The molecule has 0 aliphatic carbocycles. The maximum atomic E-state index is 12.0. The Kier molecular flexibility index (Phi) is 5.45. The molecule has 2 rings (SSSR count). The van der Waals surface area contributed by atoms with Gasteiger partial charge in [0, 0.05) is 9.79 Å². The normalized spacial score (nSPS) is 10.7. The van der Waals surface area contributed by atoms with Crippen LogP contribution in [0.2, 0.25) is 0 Å². The lowest BCUT2D eigenvalue weighted by Crippen LogP contribution is -2.06. The summed E-state index contributed by atoms with van der Waals surface area (Å²) in [7, 11) is 0. The second-order valence-electron chi connectivity index (χ2n) is 5.01. The van der Waals surface area contributed by atoms with E-state index in [0.717, 1.165) is 4.90 Å². The first-order valence-electron chi connectivity index (χ1n) is 7.16. The molecule has 0 atom stereocenters. The zero-order valence-electron chi connectivity index (χ0n) is 12.6. The van der Waals surface area contributed by atoms with E-state index in [9.17, 15) is 4.79 Å². The van der Waals surface area contributed by atoms with Crippen LogP contribution in [-0.4, -0.2) is 12.6 Å². The zero-order valence-corrected chi connectivity index (χ0v) is 13.4. The van der Waals surface area contributed by atoms with E-state index < -0.39 is 0 Å². The Hall–Kier alpha value is -1.74. The van der Waals surface area contributed by atoms with E-state index in [2.05, 4.69) is 32.0 Å². The summed E-state index contributed by atoms with van der Waals surface area (Å²) < 4.78 is 5.13.